The van der Waals surface area contributed by atoms with Crippen molar-refractivity contribution in [1.82, 2.24) is 4.90 Å². The van der Waals surface area contributed by atoms with E-state index in [1.807, 2.05) is 0 Å². The van der Waals surface area contributed by atoms with Crippen molar-refractivity contribution in [3.63, 3.8) is 0 Å². The van der Waals surface area contributed by atoms with E-state index < -0.39 is 0 Å². The summed E-state index contributed by atoms with van der Waals surface area (Å²) < 4.78 is 12.9. The van der Waals surface area contributed by atoms with E-state index in [0.717, 1.165) is 24.6 Å². The number of halogens is 1. The average molecular weight is 277 g/mol. The number of hydrogen-bond donors (Lipinski definition) is 1. The third-order valence-electron chi connectivity index (χ3n) is 4.94. The third kappa shape index (κ3) is 3.21. The molecule has 1 aliphatic heterocycles. The van der Waals surface area contributed by atoms with Crippen molar-refractivity contribution in [2.75, 3.05) is 13.1 Å². The lowest BCUT2D eigenvalue weighted by atomic mass is 9.91. The number of β-amino-alcohol motifs (C(OH)–C–C–N with tert-alkyl or cyclic N) is 1. The highest BCUT2D eigenvalue weighted by molar-refractivity contribution is 5.16. The normalized spacial score (nSPS) is 28.3. The van der Waals surface area contributed by atoms with Crippen LogP contribution in [-0.2, 0) is 6.42 Å². The zero-order valence-corrected chi connectivity index (χ0v) is 12.0. The predicted octanol–water partition coefficient (Wildman–Crippen LogP) is 2.99. The van der Waals surface area contributed by atoms with Crippen LogP contribution in [0.1, 0.15) is 37.7 Å². The molecule has 1 saturated carbocycles. The summed E-state index contributed by atoms with van der Waals surface area (Å²) in [6.07, 6.45) is 6.93. The number of piperidine rings is 1. The van der Waals surface area contributed by atoms with Crippen LogP contribution < -0.4 is 0 Å². The Labute approximate surface area is 120 Å². The van der Waals surface area contributed by atoms with E-state index in [0.29, 0.717) is 12.5 Å². The van der Waals surface area contributed by atoms with Crippen LogP contribution in [0.25, 0.3) is 0 Å². The molecule has 0 radical (unpaired) electrons. The maximum atomic E-state index is 12.9. The van der Waals surface area contributed by atoms with Gasteiger partial charge in [0.15, 0.2) is 0 Å². The summed E-state index contributed by atoms with van der Waals surface area (Å²) in [5.74, 6) is 0.648. The molecule has 2 nitrogen and oxygen atoms in total. The molecule has 0 aromatic heterocycles. The number of rotatable bonds is 4. The highest BCUT2D eigenvalue weighted by Gasteiger charge is 2.35. The van der Waals surface area contributed by atoms with Gasteiger partial charge in [0, 0.05) is 12.6 Å². The van der Waals surface area contributed by atoms with Crippen molar-refractivity contribution in [1.29, 1.82) is 0 Å². The van der Waals surface area contributed by atoms with Gasteiger partial charge in [-0.15, -0.1) is 0 Å². The molecule has 2 aliphatic rings. The first-order chi connectivity index (χ1) is 9.72. The lowest BCUT2D eigenvalue weighted by Crippen LogP contribution is -2.46. The monoisotopic (exact) mass is 277 g/mol. The zero-order chi connectivity index (χ0) is 13.9. The van der Waals surface area contributed by atoms with Crippen molar-refractivity contribution in [2.24, 2.45) is 5.92 Å². The Hall–Kier alpha value is -0.930. The van der Waals surface area contributed by atoms with Gasteiger partial charge in [-0.3, -0.25) is 4.90 Å². The summed E-state index contributed by atoms with van der Waals surface area (Å²) in [6.45, 7) is 1.89. The fourth-order valence-corrected chi connectivity index (χ4v) is 4.01. The number of nitrogens with zero attached hydrogens (tertiary/aromatic N) is 1. The summed E-state index contributed by atoms with van der Waals surface area (Å²) >= 11 is 0. The van der Waals surface area contributed by atoms with Gasteiger partial charge < -0.3 is 5.11 Å². The number of aliphatic hydroxyl groups is 1. The third-order valence-corrected chi connectivity index (χ3v) is 4.94. The molecule has 3 rings (SSSR count). The molecule has 1 N–H and O–H groups in total. The quantitative estimate of drug-likeness (QED) is 0.914. The summed E-state index contributed by atoms with van der Waals surface area (Å²) in [7, 11) is 0. The van der Waals surface area contributed by atoms with Crippen molar-refractivity contribution < 1.29 is 9.50 Å². The van der Waals surface area contributed by atoms with E-state index in [1.54, 1.807) is 12.1 Å². The molecule has 3 heteroatoms. The topological polar surface area (TPSA) is 23.5 Å². The molecule has 0 amide bonds. The Morgan fingerprint density at radius 1 is 1.15 bits per heavy atom. The fraction of sp³-hybridized carbons (Fsp3) is 0.647. The van der Waals surface area contributed by atoms with E-state index >= 15 is 0 Å². The van der Waals surface area contributed by atoms with Gasteiger partial charge in [0.2, 0.25) is 0 Å². The van der Waals surface area contributed by atoms with Crippen LogP contribution in [0.3, 0.4) is 0 Å². The van der Waals surface area contributed by atoms with Gasteiger partial charge in [-0.05, 0) is 62.3 Å². The molecule has 1 saturated heterocycles. The Bertz CT molecular complexity index is 433. The number of fused-ring (bicyclic) bond motifs is 1. The Morgan fingerprint density at radius 3 is 2.70 bits per heavy atom. The molecule has 0 spiro atoms. The summed E-state index contributed by atoms with van der Waals surface area (Å²) in [6, 6.07) is 7.18. The van der Waals surface area contributed by atoms with E-state index in [2.05, 4.69) is 4.90 Å². The van der Waals surface area contributed by atoms with Gasteiger partial charge in [0.1, 0.15) is 5.82 Å². The summed E-state index contributed by atoms with van der Waals surface area (Å²) in [5.41, 5.74) is 1.01. The molecule has 20 heavy (non-hydrogen) atoms. The van der Waals surface area contributed by atoms with E-state index in [4.69, 9.17) is 0 Å². The minimum atomic E-state index is -0.347. The van der Waals surface area contributed by atoms with E-state index in [9.17, 15) is 9.50 Å². The second kappa shape index (κ2) is 6.23. The first-order valence-electron chi connectivity index (χ1n) is 7.89. The molecule has 1 aromatic carbocycles. The van der Waals surface area contributed by atoms with Crippen molar-refractivity contribution in [3.8, 4) is 0 Å². The second-order valence-corrected chi connectivity index (χ2v) is 6.38. The highest BCUT2D eigenvalue weighted by Crippen LogP contribution is 2.36. The van der Waals surface area contributed by atoms with E-state index in [1.165, 1.54) is 44.2 Å². The molecule has 110 valence electrons. The number of aliphatic hydroxyl groups excluding tert-OH is 1. The Kier molecular flexibility index (Phi) is 4.37. The molecule has 1 aliphatic carbocycles. The number of likely N-dealkylation sites (tertiary alicyclic amines) is 1. The molecule has 3 atom stereocenters. The van der Waals surface area contributed by atoms with Crippen molar-refractivity contribution in [2.45, 2.75) is 50.7 Å². The average Bonchev–Trinajstić information content (AvgIpc) is 2.91. The van der Waals surface area contributed by atoms with Crippen molar-refractivity contribution >= 4 is 0 Å². The summed E-state index contributed by atoms with van der Waals surface area (Å²) in [5, 5.41) is 10.3. The molecule has 1 heterocycles. The second-order valence-electron chi connectivity index (χ2n) is 6.38. The zero-order valence-electron chi connectivity index (χ0n) is 12.0. The first kappa shape index (κ1) is 14.0. The van der Waals surface area contributed by atoms with Crippen LogP contribution in [0.15, 0.2) is 24.3 Å². The van der Waals surface area contributed by atoms with Crippen LogP contribution in [0.2, 0.25) is 0 Å². The minimum absolute atomic E-state index is 0.215. The predicted molar refractivity (Wildman–Crippen MR) is 78.0 cm³/mol. The van der Waals surface area contributed by atoms with Crippen LogP contribution in [-0.4, -0.2) is 35.2 Å². The molecular weight excluding hydrogens is 253 g/mol. The molecule has 2 fully saturated rings. The molecule has 3 unspecified atom stereocenters. The SMILES string of the molecule is OC(Cc1ccc(F)cc1)CN1CCCC2CCCC21. The molecular formula is C17H24FNO. The molecule has 0 bridgehead atoms. The maximum Gasteiger partial charge on any atom is 0.123 e. The van der Waals surface area contributed by atoms with Crippen LogP contribution in [0.4, 0.5) is 4.39 Å². The van der Waals surface area contributed by atoms with Gasteiger partial charge in [-0.1, -0.05) is 18.6 Å². The number of benzene rings is 1. The fourth-order valence-electron chi connectivity index (χ4n) is 4.01. The Balaban J connectivity index is 1.55. The van der Waals surface area contributed by atoms with Gasteiger partial charge in [0.05, 0.1) is 6.10 Å². The molecule has 1 aromatic rings. The Morgan fingerprint density at radius 2 is 1.90 bits per heavy atom. The first-order valence-corrected chi connectivity index (χ1v) is 7.89. The van der Waals surface area contributed by atoms with Gasteiger partial charge in [-0.2, -0.15) is 0 Å². The number of hydrogen-bond acceptors (Lipinski definition) is 2. The van der Waals surface area contributed by atoms with Gasteiger partial charge in [0.25, 0.3) is 0 Å². The maximum absolute atomic E-state index is 12.9. The standard InChI is InChI=1S/C17H24FNO/c18-15-8-6-13(7-9-15)11-16(20)12-19-10-2-4-14-3-1-5-17(14)19/h6-9,14,16-17,20H,1-5,10-12H2. The van der Waals surface area contributed by atoms with Crippen LogP contribution in [0, 0.1) is 11.7 Å². The van der Waals surface area contributed by atoms with Crippen LogP contribution >= 0.6 is 0 Å². The van der Waals surface area contributed by atoms with E-state index in [-0.39, 0.29) is 11.9 Å². The van der Waals surface area contributed by atoms with Gasteiger partial charge >= 0.3 is 0 Å². The lowest BCUT2D eigenvalue weighted by Gasteiger charge is -2.38. The minimum Gasteiger partial charge on any atom is -0.391 e. The smallest absolute Gasteiger partial charge is 0.123 e. The van der Waals surface area contributed by atoms with Gasteiger partial charge in [-0.25, -0.2) is 4.39 Å². The highest BCUT2D eigenvalue weighted by atomic mass is 19.1. The van der Waals surface area contributed by atoms with Crippen molar-refractivity contribution in [3.05, 3.63) is 35.6 Å². The lowest BCUT2D eigenvalue weighted by molar-refractivity contribution is 0.0513. The largest absolute Gasteiger partial charge is 0.391 e. The summed E-state index contributed by atoms with van der Waals surface area (Å²) in [4.78, 5) is 2.50. The van der Waals surface area contributed by atoms with Crippen LogP contribution in [0.5, 0.6) is 0 Å².